The smallest absolute Gasteiger partial charge is 0.261 e. The number of furan rings is 1. The third-order valence-corrected chi connectivity index (χ3v) is 2.55. The van der Waals surface area contributed by atoms with Crippen LogP contribution in [0.25, 0.3) is 11.0 Å². The summed E-state index contributed by atoms with van der Waals surface area (Å²) in [4.78, 5) is 0. The first-order valence-corrected chi connectivity index (χ1v) is 5.69. The minimum absolute atomic E-state index is 0.0720. The molecule has 0 bridgehead atoms. The Labute approximate surface area is 103 Å². The zero-order valence-corrected chi connectivity index (χ0v) is 9.68. The van der Waals surface area contributed by atoms with Crippen LogP contribution in [0.1, 0.15) is 18.3 Å². The molecule has 3 nitrogen and oxygen atoms in total. The van der Waals surface area contributed by atoms with E-state index in [1.165, 1.54) is 0 Å². The first-order chi connectivity index (χ1) is 8.66. The van der Waals surface area contributed by atoms with Crippen molar-refractivity contribution in [1.82, 2.24) is 0 Å². The molecule has 1 aromatic carbocycles. The molecule has 0 aliphatic heterocycles. The first kappa shape index (κ1) is 13.0. The van der Waals surface area contributed by atoms with E-state index in [1.54, 1.807) is 12.1 Å². The second-order valence-corrected chi connectivity index (χ2v) is 3.96. The van der Waals surface area contributed by atoms with Crippen molar-refractivity contribution in [3.8, 4) is 0 Å². The Kier molecular flexibility index (Phi) is 4.28. The molecular formula is C13H14F2O3. The fraction of sp³-hybridized carbons (Fsp3) is 0.385. The summed E-state index contributed by atoms with van der Waals surface area (Å²) in [5.41, 5.74) is 0.694. The molecule has 0 saturated carbocycles. The van der Waals surface area contributed by atoms with Crippen LogP contribution in [0.3, 0.4) is 0 Å². The van der Waals surface area contributed by atoms with Gasteiger partial charge in [0, 0.05) is 18.4 Å². The van der Waals surface area contributed by atoms with E-state index in [1.807, 2.05) is 18.2 Å². The number of halogens is 2. The molecular weight excluding hydrogens is 242 g/mol. The van der Waals surface area contributed by atoms with Gasteiger partial charge in [0.15, 0.2) is 0 Å². The Bertz CT molecular complexity index is 463. The van der Waals surface area contributed by atoms with Crippen molar-refractivity contribution in [2.24, 2.45) is 0 Å². The maximum atomic E-state index is 11.8. The largest absolute Gasteiger partial charge is 0.458 e. The average molecular weight is 256 g/mol. The quantitative estimate of drug-likeness (QED) is 0.807. The first-order valence-electron chi connectivity index (χ1n) is 5.69. The number of hydrogen-bond acceptors (Lipinski definition) is 3. The Hall–Kier alpha value is -1.46. The number of aliphatic hydroxyl groups is 1. The van der Waals surface area contributed by atoms with Gasteiger partial charge in [-0.1, -0.05) is 18.2 Å². The van der Waals surface area contributed by atoms with E-state index in [0.717, 1.165) is 5.39 Å². The summed E-state index contributed by atoms with van der Waals surface area (Å²) in [6.45, 7) is -0.532. The number of fused-ring (bicyclic) bond motifs is 1. The molecule has 1 atom stereocenters. The van der Waals surface area contributed by atoms with Gasteiger partial charge >= 0.3 is 0 Å². The number of alkyl halides is 2. The lowest BCUT2D eigenvalue weighted by molar-refractivity contribution is 0.00276. The number of aliphatic hydroxyl groups excluding tert-OH is 1. The van der Waals surface area contributed by atoms with Crippen molar-refractivity contribution in [3.05, 3.63) is 36.1 Å². The summed E-state index contributed by atoms with van der Waals surface area (Å²) in [7, 11) is 0. The standard InChI is InChI=1S/C13H14F2O3/c14-13(15)8-17-6-5-10(16)12-7-9-3-1-2-4-11(9)18-12/h1-4,7,10,13,16H,5-6,8H2. The Balaban J connectivity index is 1.90. The SMILES string of the molecule is OC(CCOCC(F)F)c1cc2ccccc2o1. The molecule has 1 heterocycles. The van der Waals surface area contributed by atoms with E-state index < -0.39 is 19.1 Å². The molecule has 1 aromatic heterocycles. The predicted octanol–water partition coefficient (Wildman–Crippen LogP) is 3.14. The van der Waals surface area contributed by atoms with Gasteiger partial charge in [-0.05, 0) is 12.1 Å². The van der Waals surface area contributed by atoms with E-state index in [0.29, 0.717) is 11.3 Å². The van der Waals surface area contributed by atoms with Crippen LogP contribution < -0.4 is 0 Å². The van der Waals surface area contributed by atoms with Crippen molar-refractivity contribution in [2.45, 2.75) is 19.0 Å². The highest BCUT2D eigenvalue weighted by atomic mass is 19.3. The highest BCUT2D eigenvalue weighted by molar-refractivity contribution is 5.77. The predicted molar refractivity (Wildman–Crippen MR) is 62.6 cm³/mol. The number of hydrogen-bond donors (Lipinski definition) is 1. The van der Waals surface area contributed by atoms with Gasteiger partial charge in [-0.15, -0.1) is 0 Å². The lowest BCUT2D eigenvalue weighted by atomic mass is 10.2. The van der Waals surface area contributed by atoms with Crippen LogP contribution in [0.2, 0.25) is 0 Å². The average Bonchev–Trinajstić information content (AvgIpc) is 2.78. The number of ether oxygens (including phenoxy) is 1. The van der Waals surface area contributed by atoms with Crippen LogP contribution in [-0.2, 0) is 4.74 Å². The molecule has 0 fully saturated rings. The molecule has 0 spiro atoms. The fourth-order valence-electron chi connectivity index (χ4n) is 1.68. The molecule has 98 valence electrons. The van der Waals surface area contributed by atoms with Crippen molar-refractivity contribution in [2.75, 3.05) is 13.2 Å². The molecule has 0 aliphatic carbocycles. The minimum atomic E-state index is -2.48. The fourth-order valence-corrected chi connectivity index (χ4v) is 1.68. The van der Waals surface area contributed by atoms with Crippen LogP contribution >= 0.6 is 0 Å². The van der Waals surface area contributed by atoms with E-state index in [9.17, 15) is 13.9 Å². The van der Waals surface area contributed by atoms with Crippen molar-refractivity contribution < 1.29 is 23.0 Å². The van der Waals surface area contributed by atoms with Crippen molar-refractivity contribution in [1.29, 1.82) is 0 Å². The topological polar surface area (TPSA) is 42.6 Å². The Morgan fingerprint density at radius 2 is 2.06 bits per heavy atom. The highest BCUT2D eigenvalue weighted by Gasteiger charge is 2.13. The van der Waals surface area contributed by atoms with Gasteiger partial charge in [-0.3, -0.25) is 0 Å². The van der Waals surface area contributed by atoms with Gasteiger partial charge in [-0.2, -0.15) is 0 Å². The number of benzene rings is 1. The van der Waals surface area contributed by atoms with Crippen molar-refractivity contribution in [3.63, 3.8) is 0 Å². The lowest BCUT2D eigenvalue weighted by Gasteiger charge is -2.07. The molecule has 0 aliphatic rings. The Morgan fingerprint density at radius 3 is 2.78 bits per heavy atom. The second kappa shape index (κ2) is 5.93. The van der Waals surface area contributed by atoms with Gasteiger partial charge in [0.25, 0.3) is 6.43 Å². The zero-order valence-electron chi connectivity index (χ0n) is 9.68. The van der Waals surface area contributed by atoms with Gasteiger partial charge in [0.1, 0.15) is 24.1 Å². The van der Waals surface area contributed by atoms with E-state index in [4.69, 9.17) is 9.15 Å². The molecule has 5 heteroatoms. The molecule has 18 heavy (non-hydrogen) atoms. The van der Waals surface area contributed by atoms with Crippen LogP contribution in [-0.4, -0.2) is 24.7 Å². The molecule has 0 radical (unpaired) electrons. The van der Waals surface area contributed by atoms with Gasteiger partial charge < -0.3 is 14.3 Å². The summed E-state index contributed by atoms with van der Waals surface area (Å²) in [6.07, 6.45) is -3.09. The Morgan fingerprint density at radius 1 is 1.28 bits per heavy atom. The zero-order chi connectivity index (χ0) is 13.0. The van der Waals surface area contributed by atoms with Gasteiger partial charge in [0.05, 0.1) is 0 Å². The number of para-hydroxylation sites is 1. The molecule has 0 saturated heterocycles. The highest BCUT2D eigenvalue weighted by Crippen LogP contribution is 2.25. The van der Waals surface area contributed by atoms with Gasteiger partial charge in [-0.25, -0.2) is 8.78 Å². The summed E-state index contributed by atoms with van der Waals surface area (Å²) in [6, 6.07) is 9.14. The summed E-state index contributed by atoms with van der Waals surface area (Å²) in [5, 5.41) is 10.7. The third kappa shape index (κ3) is 3.27. The van der Waals surface area contributed by atoms with E-state index in [2.05, 4.69) is 0 Å². The second-order valence-electron chi connectivity index (χ2n) is 3.96. The molecule has 2 rings (SSSR count). The van der Waals surface area contributed by atoms with Gasteiger partial charge in [0.2, 0.25) is 0 Å². The monoisotopic (exact) mass is 256 g/mol. The number of rotatable bonds is 6. The van der Waals surface area contributed by atoms with E-state index >= 15 is 0 Å². The molecule has 2 aromatic rings. The minimum Gasteiger partial charge on any atom is -0.458 e. The summed E-state index contributed by atoms with van der Waals surface area (Å²) in [5.74, 6) is 0.428. The summed E-state index contributed by atoms with van der Waals surface area (Å²) < 4.78 is 33.8. The molecule has 1 N–H and O–H groups in total. The molecule has 0 amide bonds. The maximum Gasteiger partial charge on any atom is 0.261 e. The third-order valence-electron chi connectivity index (χ3n) is 2.55. The maximum absolute atomic E-state index is 11.8. The van der Waals surface area contributed by atoms with Crippen LogP contribution in [0.15, 0.2) is 34.7 Å². The normalized spacial score (nSPS) is 13.3. The van der Waals surface area contributed by atoms with Crippen LogP contribution in [0.4, 0.5) is 8.78 Å². The lowest BCUT2D eigenvalue weighted by Crippen LogP contribution is -2.08. The van der Waals surface area contributed by atoms with Crippen LogP contribution in [0.5, 0.6) is 0 Å². The molecule has 1 unspecified atom stereocenters. The van der Waals surface area contributed by atoms with Crippen molar-refractivity contribution >= 4 is 11.0 Å². The summed E-state index contributed by atoms with van der Waals surface area (Å²) >= 11 is 0. The van der Waals surface area contributed by atoms with E-state index in [-0.39, 0.29) is 13.0 Å². The van der Waals surface area contributed by atoms with Crippen LogP contribution in [0, 0.1) is 0 Å².